The van der Waals surface area contributed by atoms with Gasteiger partial charge in [0.05, 0.1) is 11.5 Å². The second kappa shape index (κ2) is 6.36. The summed E-state index contributed by atoms with van der Waals surface area (Å²) in [5.41, 5.74) is -1.33. The molecule has 0 saturated heterocycles. The van der Waals surface area contributed by atoms with Gasteiger partial charge >= 0.3 is 5.97 Å². The number of ketones is 1. The van der Waals surface area contributed by atoms with E-state index in [2.05, 4.69) is 0 Å². The van der Waals surface area contributed by atoms with Crippen LogP contribution in [0.25, 0.3) is 0 Å². The molecule has 0 aromatic heterocycles. The third-order valence-corrected chi connectivity index (χ3v) is 4.33. The van der Waals surface area contributed by atoms with Crippen molar-refractivity contribution in [2.24, 2.45) is 0 Å². The highest BCUT2D eigenvalue weighted by molar-refractivity contribution is 7.86. The number of aryl methyl sites for hydroxylation is 1. The molecule has 1 aromatic carbocycles. The average Bonchev–Trinajstić information content (AvgIpc) is 2.38. The lowest BCUT2D eigenvalue weighted by Crippen LogP contribution is -2.47. The van der Waals surface area contributed by atoms with Gasteiger partial charge in [-0.2, -0.15) is 8.42 Å². The Hall–Kier alpha value is -1.73. The molecule has 0 heterocycles. The summed E-state index contributed by atoms with van der Waals surface area (Å²) in [5.74, 6) is -1.79. The van der Waals surface area contributed by atoms with Gasteiger partial charge < -0.3 is 4.74 Å². The Morgan fingerprint density at radius 3 is 2.14 bits per heavy atom. The zero-order valence-corrected chi connectivity index (χ0v) is 13.2. The highest BCUT2D eigenvalue weighted by atomic mass is 32.2. The monoisotopic (exact) mass is 314 g/mol. The van der Waals surface area contributed by atoms with Gasteiger partial charge in [-0.3, -0.25) is 4.79 Å². The molecular weight excluding hydrogens is 296 g/mol. The number of hydrogen-bond acceptors (Lipinski definition) is 6. The molecule has 0 aliphatic rings. The van der Waals surface area contributed by atoms with E-state index in [1.54, 1.807) is 26.0 Å². The third kappa shape index (κ3) is 3.89. The predicted octanol–water partition coefficient (Wildman–Crippen LogP) is 1.61. The van der Waals surface area contributed by atoms with E-state index in [0.717, 1.165) is 19.4 Å². The van der Waals surface area contributed by atoms with Crippen LogP contribution in [0.1, 0.15) is 26.3 Å². The van der Waals surface area contributed by atoms with Crippen molar-refractivity contribution in [2.45, 2.75) is 38.2 Å². The minimum absolute atomic E-state index is 0.00957. The first-order valence-corrected chi connectivity index (χ1v) is 7.75. The van der Waals surface area contributed by atoms with E-state index in [9.17, 15) is 18.0 Å². The van der Waals surface area contributed by atoms with Gasteiger partial charge in [0.2, 0.25) is 5.60 Å². The summed E-state index contributed by atoms with van der Waals surface area (Å²) in [6, 6.07) is 5.87. The van der Waals surface area contributed by atoms with Gasteiger partial charge in [-0.15, -0.1) is 0 Å². The number of Topliss-reactive ketones (excluding diaryl/α,β-unsaturated/α-hetero) is 1. The van der Waals surface area contributed by atoms with E-state index in [4.69, 9.17) is 8.92 Å². The number of esters is 1. The molecule has 0 unspecified atom stereocenters. The maximum absolute atomic E-state index is 12.2. The van der Waals surface area contributed by atoms with E-state index in [-0.39, 0.29) is 11.5 Å². The topological polar surface area (TPSA) is 86.7 Å². The van der Waals surface area contributed by atoms with Gasteiger partial charge in [0.25, 0.3) is 10.1 Å². The Balaban J connectivity index is 3.17. The molecule has 0 spiro atoms. The van der Waals surface area contributed by atoms with Crippen LogP contribution in [0.3, 0.4) is 0 Å². The summed E-state index contributed by atoms with van der Waals surface area (Å²) in [6.07, 6.45) is 0. The van der Waals surface area contributed by atoms with Crippen LogP contribution in [0.15, 0.2) is 29.2 Å². The maximum Gasteiger partial charge on any atom is 0.347 e. The summed E-state index contributed by atoms with van der Waals surface area (Å²) in [4.78, 5) is 23.4. The molecule has 0 aliphatic heterocycles. The van der Waals surface area contributed by atoms with E-state index in [1.165, 1.54) is 12.1 Å². The largest absolute Gasteiger partial charge is 0.463 e. The number of rotatable bonds is 6. The Kier molecular flexibility index (Phi) is 5.25. The molecule has 0 saturated carbocycles. The molecule has 0 aliphatic carbocycles. The van der Waals surface area contributed by atoms with Crippen LogP contribution in [-0.2, 0) is 28.6 Å². The zero-order valence-electron chi connectivity index (χ0n) is 12.4. The van der Waals surface area contributed by atoms with Crippen molar-refractivity contribution in [1.82, 2.24) is 0 Å². The minimum atomic E-state index is -4.26. The minimum Gasteiger partial charge on any atom is -0.463 e. The first-order valence-electron chi connectivity index (χ1n) is 6.34. The molecule has 0 amide bonds. The van der Waals surface area contributed by atoms with Crippen molar-refractivity contribution in [1.29, 1.82) is 0 Å². The van der Waals surface area contributed by atoms with Crippen LogP contribution >= 0.6 is 0 Å². The van der Waals surface area contributed by atoms with E-state index in [0.29, 0.717) is 0 Å². The van der Waals surface area contributed by atoms with Crippen LogP contribution in [-0.4, -0.2) is 32.4 Å². The molecule has 1 rings (SSSR count). The number of carbonyl (C=O) groups is 2. The van der Waals surface area contributed by atoms with Crippen molar-refractivity contribution in [3.05, 3.63) is 29.8 Å². The van der Waals surface area contributed by atoms with Crippen molar-refractivity contribution in [3.63, 3.8) is 0 Å². The highest BCUT2D eigenvalue weighted by Gasteiger charge is 2.46. The fourth-order valence-electron chi connectivity index (χ4n) is 1.48. The third-order valence-electron chi connectivity index (χ3n) is 2.92. The van der Waals surface area contributed by atoms with Gasteiger partial charge in [-0.1, -0.05) is 17.7 Å². The summed E-state index contributed by atoms with van der Waals surface area (Å²) in [7, 11) is -4.26. The number of hydrogen-bond donors (Lipinski definition) is 0. The van der Waals surface area contributed by atoms with Crippen LogP contribution in [0.2, 0.25) is 0 Å². The van der Waals surface area contributed by atoms with Crippen LogP contribution in [0.5, 0.6) is 0 Å². The van der Waals surface area contributed by atoms with Crippen molar-refractivity contribution >= 4 is 21.9 Å². The first kappa shape index (κ1) is 17.3. The molecule has 6 nitrogen and oxygen atoms in total. The van der Waals surface area contributed by atoms with Gasteiger partial charge in [0.15, 0.2) is 5.78 Å². The smallest absolute Gasteiger partial charge is 0.347 e. The fraction of sp³-hybridized carbons (Fsp3) is 0.429. The Bertz CT molecular complexity index is 632. The molecule has 0 bridgehead atoms. The predicted molar refractivity (Wildman–Crippen MR) is 75.2 cm³/mol. The molecule has 116 valence electrons. The Morgan fingerprint density at radius 1 is 1.19 bits per heavy atom. The van der Waals surface area contributed by atoms with Crippen molar-refractivity contribution < 1.29 is 26.9 Å². The molecular formula is C14H18O6S. The lowest BCUT2D eigenvalue weighted by Gasteiger charge is -2.23. The van der Waals surface area contributed by atoms with Gasteiger partial charge in [-0.25, -0.2) is 8.98 Å². The lowest BCUT2D eigenvalue weighted by atomic mass is 10.0. The summed E-state index contributed by atoms with van der Waals surface area (Å²) >= 11 is 0. The van der Waals surface area contributed by atoms with Gasteiger partial charge in [0.1, 0.15) is 0 Å². The number of benzene rings is 1. The lowest BCUT2D eigenvalue weighted by molar-refractivity contribution is -0.164. The summed E-state index contributed by atoms with van der Waals surface area (Å²) in [6.45, 7) is 5.51. The molecule has 0 N–H and O–H groups in total. The van der Waals surface area contributed by atoms with Gasteiger partial charge in [-0.05, 0) is 39.8 Å². The highest BCUT2D eigenvalue weighted by Crippen LogP contribution is 2.23. The molecule has 1 atom stereocenters. The van der Waals surface area contributed by atoms with Crippen molar-refractivity contribution in [3.8, 4) is 0 Å². The average molecular weight is 314 g/mol. The normalized spacial score (nSPS) is 14.3. The van der Waals surface area contributed by atoms with Crippen LogP contribution in [0, 0.1) is 6.92 Å². The Morgan fingerprint density at radius 2 is 1.71 bits per heavy atom. The molecule has 0 fully saturated rings. The number of ether oxygens (including phenoxy) is 1. The SMILES string of the molecule is CCOC(=O)[C@@](C)(OS(=O)(=O)c1ccc(C)cc1)C(C)=O. The Labute approximate surface area is 124 Å². The van der Waals surface area contributed by atoms with Crippen LogP contribution in [0.4, 0.5) is 0 Å². The molecule has 7 heteroatoms. The van der Waals surface area contributed by atoms with E-state index < -0.39 is 27.5 Å². The van der Waals surface area contributed by atoms with E-state index in [1.807, 2.05) is 0 Å². The summed E-state index contributed by atoms with van der Waals surface area (Å²) < 4.78 is 34.0. The second-order valence-electron chi connectivity index (χ2n) is 4.66. The zero-order chi connectivity index (χ0) is 16.3. The van der Waals surface area contributed by atoms with Crippen LogP contribution < -0.4 is 0 Å². The first-order chi connectivity index (χ1) is 9.63. The molecule has 21 heavy (non-hydrogen) atoms. The maximum atomic E-state index is 12.2. The van der Waals surface area contributed by atoms with Crippen molar-refractivity contribution in [2.75, 3.05) is 6.61 Å². The molecule has 1 aromatic rings. The standard InChI is InChI=1S/C14H18O6S/c1-5-19-13(16)14(4,11(3)15)20-21(17,18)12-8-6-10(2)7-9-12/h6-9H,5H2,1-4H3/t14-/m0/s1. The van der Waals surface area contributed by atoms with E-state index >= 15 is 0 Å². The number of carbonyl (C=O) groups excluding carboxylic acids is 2. The summed E-state index contributed by atoms with van der Waals surface area (Å²) in [5, 5.41) is 0. The second-order valence-corrected chi connectivity index (χ2v) is 6.21. The molecule has 0 radical (unpaired) electrons. The fourth-order valence-corrected chi connectivity index (χ4v) is 2.67. The quantitative estimate of drug-likeness (QED) is 0.450. The van der Waals surface area contributed by atoms with Gasteiger partial charge in [0, 0.05) is 0 Å².